The minimum atomic E-state index is -0.380. The molecule has 106 valence electrons. The van der Waals surface area contributed by atoms with E-state index in [4.69, 9.17) is 9.47 Å². The van der Waals surface area contributed by atoms with Gasteiger partial charge in [-0.25, -0.2) is 4.39 Å². The Balaban J connectivity index is 1.69. The molecule has 2 aliphatic carbocycles. The maximum absolute atomic E-state index is 13.6. The summed E-state index contributed by atoms with van der Waals surface area (Å²) in [6.45, 7) is 1.38. The van der Waals surface area contributed by atoms with Crippen molar-refractivity contribution >= 4 is 22.0 Å². The minimum Gasteiger partial charge on any atom is -0.348 e. The van der Waals surface area contributed by atoms with Crippen LogP contribution in [-0.2, 0) is 14.9 Å². The molecule has 0 atom stereocenters. The number of benzene rings is 1. The van der Waals surface area contributed by atoms with Gasteiger partial charge in [-0.05, 0) is 42.2 Å². The monoisotopic (exact) mass is 338 g/mol. The van der Waals surface area contributed by atoms with Crippen LogP contribution in [0.5, 0.6) is 0 Å². The Hall–Kier alpha value is -0.710. The quantitative estimate of drug-likeness (QED) is 0.708. The number of rotatable bonds is 0. The van der Waals surface area contributed by atoms with Crippen LogP contribution in [0.3, 0.4) is 0 Å². The molecule has 1 aliphatic heterocycles. The lowest BCUT2D eigenvalue weighted by Gasteiger charge is -2.42. The van der Waals surface area contributed by atoms with Gasteiger partial charge in [-0.1, -0.05) is 22.0 Å². The fourth-order valence-corrected chi connectivity index (χ4v) is 4.68. The van der Waals surface area contributed by atoms with Crippen molar-refractivity contribution in [1.82, 2.24) is 0 Å². The number of fused-ring (bicyclic) bond motifs is 2. The Morgan fingerprint density at radius 3 is 2.45 bits per heavy atom. The average Bonchev–Trinajstić information content (AvgIpc) is 2.99. The molecule has 0 unspecified atom stereocenters. The highest BCUT2D eigenvalue weighted by Crippen LogP contribution is 2.56. The molecule has 20 heavy (non-hydrogen) atoms. The molecule has 0 radical (unpaired) electrons. The van der Waals surface area contributed by atoms with E-state index in [1.165, 1.54) is 10.5 Å². The third kappa shape index (κ3) is 1.74. The van der Waals surface area contributed by atoms with E-state index >= 15 is 0 Å². The van der Waals surface area contributed by atoms with Crippen LogP contribution in [0.4, 0.5) is 4.39 Å². The van der Waals surface area contributed by atoms with Gasteiger partial charge in [0.05, 0.1) is 13.2 Å². The molecule has 1 heterocycles. The number of hydrogen-bond donors (Lipinski definition) is 0. The van der Waals surface area contributed by atoms with Gasteiger partial charge in [0.1, 0.15) is 5.82 Å². The maximum Gasteiger partial charge on any atom is 0.168 e. The van der Waals surface area contributed by atoms with E-state index in [9.17, 15) is 4.39 Å². The molecule has 0 bridgehead atoms. The highest BCUT2D eigenvalue weighted by atomic mass is 79.9. The second-order valence-electron chi connectivity index (χ2n) is 5.91. The van der Waals surface area contributed by atoms with Gasteiger partial charge in [0.2, 0.25) is 0 Å². The first-order valence-electron chi connectivity index (χ1n) is 7.09. The predicted octanol–water partition coefficient (Wildman–Crippen LogP) is 4.13. The van der Waals surface area contributed by atoms with Crippen LogP contribution in [0.2, 0.25) is 0 Å². The summed E-state index contributed by atoms with van der Waals surface area (Å²) < 4.78 is 26.4. The molecular formula is C16H16BrFO2. The predicted molar refractivity (Wildman–Crippen MR) is 78.1 cm³/mol. The first kappa shape index (κ1) is 13.0. The van der Waals surface area contributed by atoms with E-state index in [1.54, 1.807) is 6.07 Å². The molecule has 2 spiro atoms. The second kappa shape index (κ2) is 4.39. The van der Waals surface area contributed by atoms with Crippen molar-refractivity contribution in [3.05, 3.63) is 39.6 Å². The van der Waals surface area contributed by atoms with Crippen molar-refractivity contribution in [2.45, 2.75) is 36.9 Å². The topological polar surface area (TPSA) is 18.5 Å². The van der Waals surface area contributed by atoms with E-state index in [1.807, 2.05) is 6.07 Å². The van der Waals surface area contributed by atoms with E-state index in [2.05, 4.69) is 22.0 Å². The van der Waals surface area contributed by atoms with E-state index in [0.29, 0.717) is 13.2 Å². The molecular weight excluding hydrogens is 323 g/mol. The van der Waals surface area contributed by atoms with E-state index in [0.717, 1.165) is 36.8 Å². The third-order valence-corrected chi connectivity index (χ3v) is 5.94. The zero-order chi connectivity index (χ0) is 13.8. The molecule has 1 aromatic carbocycles. The molecule has 2 fully saturated rings. The summed E-state index contributed by atoms with van der Waals surface area (Å²) >= 11 is 3.72. The van der Waals surface area contributed by atoms with Crippen molar-refractivity contribution < 1.29 is 13.9 Å². The average molecular weight is 339 g/mol. The van der Waals surface area contributed by atoms with Crippen molar-refractivity contribution in [3.8, 4) is 0 Å². The molecule has 0 aromatic heterocycles. The molecule has 4 heteroatoms. The molecule has 0 N–H and O–H groups in total. The van der Waals surface area contributed by atoms with Gasteiger partial charge < -0.3 is 9.47 Å². The second-order valence-corrected chi connectivity index (χ2v) is 6.77. The van der Waals surface area contributed by atoms with Gasteiger partial charge in [-0.3, -0.25) is 0 Å². The summed E-state index contributed by atoms with van der Waals surface area (Å²) in [5, 5.41) is 0. The van der Waals surface area contributed by atoms with Crippen LogP contribution < -0.4 is 0 Å². The minimum absolute atomic E-state index is 0.0853. The van der Waals surface area contributed by atoms with Gasteiger partial charge in [-0.2, -0.15) is 0 Å². The van der Waals surface area contributed by atoms with Gasteiger partial charge in [-0.15, -0.1) is 0 Å². The van der Waals surface area contributed by atoms with Gasteiger partial charge in [0.25, 0.3) is 0 Å². The fourth-order valence-electron chi connectivity index (χ4n) is 3.82. The number of hydrogen-bond acceptors (Lipinski definition) is 2. The van der Waals surface area contributed by atoms with E-state index in [-0.39, 0.29) is 17.0 Å². The first-order chi connectivity index (χ1) is 9.64. The normalized spacial score (nSPS) is 26.0. The number of ether oxygens (including phenoxy) is 2. The van der Waals surface area contributed by atoms with Gasteiger partial charge in [0.15, 0.2) is 5.79 Å². The summed E-state index contributed by atoms with van der Waals surface area (Å²) in [5.41, 5.74) is 2.15. The fraction of sp³-hybridized carbons (Fsp3) is 0.500. The molecule has 2 nitrogen and oxygen atoms in total. The van der Waals surface area contributed by atoms with E-state index < -0.39 is 0 Å². The number of halogens is 2. The van der Waals surface area contributed by atoms with Crippen molar-refractivity contribution in [3.63, 3.8) is 0 Å². The Bertz CT molecular complexity index is 580. The Labute approximate surface area is 126 Å². The highest BCUT2D eigenvalue weighted by molar-refractivity contribution is 9.11. The summed E-state index contributed by atoms with van der Waals surface area (Å²) in [7, 11) is 0. The molecule has 4 rings (SSSR count). The van der Waals surface area contributed by atoms with Crippen LogP contribution in [0.1, 0.15) is 36.8 Å². The summed E-state index contributed by atoms with van der Waals surface area (Å²) in [4.78, 5) is 0. The lowest BCUT2D eigenvalue weighted by molar-refractivity contribution is -0.182. The van der Waals surface area contributed by atoms with Crippen molar-refractivity contribution in [2.75, 3.05) is 13.2 Å². The van der Waals surface area contributed by atoms with Gasteiger partial charge in [0, 0.05) is 22.7 Å². The third-order valence-electron chi connectivity index (χ3n) is 4.95. The summed E-state index contributed by atoms with van der Waals surface area (Å²) in [5.74, 6) is -0.540. The smallest absolute Gasteiger partial charge is 0.168 e. The molecule has 0 amide bonds. The van der Waals surface area contributed by atoms with Crippen LogP contribution in [0.25, 0.3) is 6.08 Å². The highest BCUT2D eigenvalue weighted by Gasteiger charge is 2.50. The first-order valence-corrected chi connectivity index (χ1v) is 7.89. The summed E-state index contributed by atoms with van der Waals surface area (Å²) in [6, 6.07) is 5.09. The SMILES string of the molecule is Fc1ccc2c(c1)C1(CCC3(CC1)OCCO3)C(Br)=C2. The lowest BCUT2D eigenvalue weighted by Crippen LogP contribution is -2.41. The Morgan fingerprint density at radius 2 is 1.75 bits per heavy atom. The largest absolute Gasteiger partial charge is 0.348 e. The molecule has 1 saturated carbocycles. The summed E-state index contributed by atoms with van der Waals surface area (Å²) in [6.07, 6.45) is 5.72. The Kier molecular flexibility index (Phi) is 2.85. The zero-order valence-corrected chi connectivity index (χ0v) is 12.7. The van der Waals surface area contributed by atoms with Crippen LogP contribution in [0.15, 0.2) is 22.7 Å². The molecule has 1 aromatic rings. The van der Waals surface area contributed by atoms with Crippen molar-refractivity contribution in [2.24, 2.45) is 0 Å². The van der Waals surface area contributed by atoms with Crippen molar-refractivity contribution in [1.29, 1.82) is 0 Å². The molecule has 3 aliphatic rings. The molecule has 1 saturated heterocycles. The lowest BCUT2D eigenvalue weighted by atomic mass is 9.69. The number of allylic oxidation sites excluding steroid dienone is 1. The Morgan fingerprint density at radius 1 is 1.05 bits per heavy atom. The maximum atomic E-state index is 13.6. The standard InChI is InChI=1S/C16H16BrFO2/c17-14-9-11-1-2-12(18)10-13(11)15(14)3-5-16(6-4-15)19-7-8-20-16/h1-2,9-10H,3-8H2. The van der Waals surface area contributed by atoms with Crippen LogP contribution in [-0.4, -0.2) is 19.0 Å². The zero-order valence-electron chi connectivity index (χ0n) is 11.1. The van der Waals surface area contributed by atoms with Crippen LogP contribution >= 0.6 is 15.9 Å². The van der Waals surface area contributed by atoms with Crippen LogP contribution in [0, 0.1) is 5.82 Å². The van der Waals surface area contributed by atoms with Gasteiger partial charge >= 0.3 is 0 Å².